The highest BCUT2D eigenvalue weighted by Crippen LogP contribution is 2.21. The summed E-state index contributed by atoms with van der Waals surface area (Å²) in [6.45, 7) is 3.20. The molecule has 0 aliphatic heterocycles. The monoisotopic (exact) mass is 324 g/mol. The van der Waals surface area contributed by atoms with Crippen LogP contribution in [0.3, 0.4) is 0 Å². The highest BCUT2D eigenvalue weighted by molar-refractivity contribution is 7.89. The fraction of sp³-hybridized carbons (Fsp3) is 0.214. The molecule has 2 rings (SSSR count). The molecule has 112 valence electrons. The highest BCUT2D eigenvalue weighted by Gasteiger charge is 2.18. The number of thiophene rings is 1. The summed E-state index contributed by atoms with van der Waals surface area (Å²) in [6, 6.07) is 9.54. The highest BCUT2D eigenvalue weighted by atomic mass is 32.2. The van der Waals surface area contributed by atoms with Gasteiger partial charge < -0.3 is 5.32 Å². The van der Waals surface area contributed by atoms with E-state index in [-0.39, 0.29) is 16.8 Å². The minimum Gasteiger partial charge on any atom is -0.326 e. The van der Waals surface area contributed by atoms with E-state index < -0.39 is 10.0 Å². The lowest BCUT2D eigenvalue weighted by atomic mass is 10.3. The quantitative estimate of drug-likeness (QED) is 0.888. The van der Waals surface area contributed by atoms with Crippen LogP contribution in [0.25, 0.3) is 0 Å². The van der Waals surface area contributed by atoms with Crippen molar-refractivity contribution in [2.75, 3.05) is 5.32 Å². The van der Waals surface area contributed by atoms with Gasteiger partial charge in [0, 0.05) is 17.5 Å². The van der Waals surface area contributed by atoms with Gasteiger partial charge in [0.2, 0.25) is 15.9 Å². The van der Waals surface area contributed by atoms with Crippen molar-refractivity contribution in [3.63, 3.8) is 0 Å². The number of amides is 1. The van der Waals surface area contributed by atoms with Gasteiger partial charge in [0.05, 0.1) is 10.9 Å². The number of anilines is 1. The Balaban J connectivity index is 2.14. The second-order valence-electron chi connectivity index (χ2n) is 4.56. The number of hydrogen-bond donors (Lipinski definition) is 2. The summed E-state index contributed by atoms with van der Waals surface area (Å²) in [6.07, 6.45) is 0. The smallest absolute Gasteiger partial charge is 0.241 e. The Labute approximate surface area is 128 Å². The maximum Gasteiger partial charge on any atom is 0.241 e. The predicted octanol–water partition coefficient (Wildman–Crippen LogP) is 2.75. The molecule has 0 bridgehead atoms. The van der Waals surface area contributed by atoms with Gasteiger partial charge in [-0.25, -0.2) is 13.1 Å². The maximum atomic E-state index is 12.3. The standard InChI is InChI=1S/C14H16N2O3S2/c1-10(14-4-3-9-20-14)16-21(18,19)13-7-5-12(6-8-13)15-11(2)17/h3-10,16H,1-2H3,(H,15,17). The lowest BCUT2D eigenvalue weighted by Crippen LogP contribution is -2.26. The Morgan fingerprint density at radius 1 is 1.19 bits per heavy atom. The Morgan fingerprint density at radius 3 is 2.38 bits per heavy atom. The third-order valence-electron chi connectivity index (χ3n) is 2.79. The summed E-state index contributed by atoms with van der Waals surface area (Å²) < 4.78 is 27.2. The Kier molecular flexibility index (Phi) is 4.76. The normalized spacial score (nSPS) is 12.9. The largest absolute Gasteiger partial charge is 0.326 e. The van der Waals surface area contributed by atoms with Crippen LogP contribution in [0.1, 0.15) is 24.8 Å². The molecule has 1 atom stereocenters. The Hall–Kier alpha value is -1.70. The van der Waals surface area contributed by atoms with Crippen molar-refractivity contribution in [1.29, 1.82) is 0 Å². The molecular weight excluding hydrogens is 308 g/mol. The van der Waals surface area contributed by atoms with E-state index in [1.165, 1.54) is 30.4 Å². The van der Waals surface area contributed by atoms with E-state index >= 15 is 0 Å². The third-order valence-corrected chi connectivity index (χ3v) is 5.40. The first-order valence-electron chi connectivity index (χ1n) is 6.32. The van der Waals surface area contributed by atoms with E-state index in [0.717, 1.165) is 4.88 Å². The molecule has 1 unspecified atom stereocenters. The SMILES string of the molecule is CC(=O)Nc1ccc(S(=O)(=O)NC(C)c2cccs2)cc1. The van der Waals surface area contributed by atoms with E-state index in [4.69, 9.17) is 0 Å². The topological polar surface area (TPSA) is 75.3 Å². The zero-order valence-electron chi connectivity index (χ0n) is 11.7. The van der Waals surface area contributed by atoms with Gasteiger partial charge in [-0.2, -0.15) is 0 Å². The lowest BCUT2D eigenvalue weighted by molar-refractivity contribution is -0.114. The van der Waals surface area contributed by atoms with Crippen LogP contribution in [0, 0.1) is 0 Å². The fourth-order valence-electron chi connectivity index (χ4n) is 1.82. The molecule has 0 fully saturated rings. The molecule has 7 heteroatoms. The third kappa shape index (κ3) is 4.13. The number of rotatable bonds is 5. The molecule has 21 heavy (non-hydrogen) atoms. The van der Waals surface area contributed by atoms with Gasteiger partial charge in [-0.05, 0) is 42.6 Å². The van der Waals surface area contributed by atoms with Gasteiger partial charge in [0.25, 0.3) is 0 Å². The van der Waals surface area contributed by atoms with Crippen molar-refractivity contribution in [3.8, 4) is 0 Å². The van der Waals surface area contributed by atoms with Crippen molar-refractivity contribution in [3.05, 3.63) is 46.7 Å². The molecule has 2 N–H and O–H groups in total. The second kappa shape index (κ2) is 6.38. The van der Waals surface area contributed by atoms with Crippen LogP contribution in [0.5, 0.6) is 0 Å². The number of benzene rings is 1. The molecule has 1 aromatic carbocycles. The molecule has 2 aromatic rings. The average molecular weight is 324 g/mol. The second-order valence-corrected chi connectivity index (χ2v) is 7.26. The summed E-state index contributed by atoms with van der Waals surface area (Å²) >= 11 is 1.50. The zero-order valence-corrected chi connectivity index (χ0v) is 13.3. The van der Waals surface area contributed by atoms with Crippen molar-refractivity contribution in [2.24, 2.45) is 0 Å². The van der Waals surface area contributed by atoms with E-state index in [2.05, 4.69) is 10.0 Å². The number of nitrogens with one attached hydrogen (secondary N) is 2. The number of carbonyl (C=O) groups excluding carboxylic acids is 1. The first-order valence-corrected chi connectivity index (χ1v) is 8.68. The minimum atomic E-state index is -3.59. The molecule has 0 aliphatic rings. The van der Waals surface area contributed by atoms with Crippen LogP contribution in [0.2, 0.25) is 0 Å². The van der Waals surface area contributed by atoms with Gasteiger partial charge in [0.15, 0.2) is 0 Å². The predicted molar refractivity (Wildman–Crippen MR) is 83.8 cm³/mol. The first-order chi connectivity index (χ1) is 9.88. The average Bonchev–Trinajstić information content (AvgIpc) is 2.92. The molecule has 1 heterocycles. The number of hydrogen-bond acceptors (Lipinski definition) is 4. The van der Waals surface area contributed by atoms with Crippen molar-refractivity contribution >= 4 is 33.0 Å². The van der Waals surface area contributed by atoms with E-state index in [9.17, 15) is 13.2 Å². The van der Waals surface area contributed by atoms with Crippen LogP contribution >= 0.6 is 11.3 Å². The van der Waals surface area contributed by atoms with Gasteiger partial charge >= 0.3 is 0 Å². The van der Waals surface area contributed by atoms with Crippen LogP contribution < -0.4 is 10.0 Å². The lowest BCUT2D eigenvalue weighted by Gasteiger charge is -2.13. The van der Waals surface area contributed by atoms with Crippen molar-refractivity contribution in [2.45, 2.75) is 24.8 Å². The summed E-state index contributed by atoms with van der Waals surface area (Å²) in [7, 11) is -3.59. The maximum absolute atomic E-state index is 12.3. The van der Waals surface area contributed by atoms with E-state index in [0.29, 0.717) is 5.69 Å². The molecule has 5 nitrogen and oxygen atoms in total. The summed E-state index contributed by atoms with van der Waals surface area (Å²) in [4.78, 5) is 12.1. The fourth-order valence-corrected chi connectivity index (χ4v) is 3.85. The van der Waals surface area contributed by atoms with E-state index in [1.54, 1.807) is 19.1 Å². The van der Waals surface area contributed by atoms with Crippen molar-refractivity contribution < 1.29 is 13.2 Å². The van der Waals surface area contributed by atoms with Crippen molar-refractivity contribution in [1.82, 2.24) is 4.72 Å². The molecule has 0 spiro atoms. The zero-order chi connectivity index (χ0) is 15.5. The number of sulfonamides is 1. The first kappa shape index (κ1) is 15.7. The van der Waals surface area contributed by atoms with Crippen LogP contribution in [0.15, 0.2) is 46.7 Å². The molecule has 0 saturated carbocycles. The van der Waals surface area contributed by atoms with E-state index in [1.807, 2.05) is 17.5 Å². The molecular formula is C14H16N2O3S2. The summed E-state index contributed by atoms with van der Waals surface area (Å²) in [5.74, 6) is -0.199. The summed E-state index contributed by atoms with van der Waals surface area (Å²) in [5.41, 5.74) is 0.563. The molecule has 0 radical (unpaired) electrons. The van der Waals surface area contributed by atoms with Crippen LogP contribution in [0.4, 0.5) is 5.69 Å². The summed E-state index contributed by atoms with van der Waals surface area (Å²) in [5, 5.41) is 4.50. The van der Waals surface area contributed by atoms with Gasteiger partial charge in [-0.1, -0.05) is 6.07 Å². The van der Waals surface area contributed by atoms with Crippen LogP contribution in [-0.2, 0) is 14.8 Å². The van der Waals surface area contributed by atoms with Gasteiger partial charge in [-0.3, -0.25) is 4.79 Å². The van der Waals surface area contributed by atoms with Gasteiger partial charge in [-0.15, -0.1) is 11.3 Å². The minimum absolute atomic E-state index is 0.167. The molecule has 0 aliphatic carbocycles. The molecule has 1 aromatic heterocycles. The van der Waals surface area contributed by atoms with Crippen LogP contribution in [-0.4, -0.2) is 14.3 Å². The Bertz CT molecular complexity index is 707. The Morgan fingerprint density at radius 2 is 1.86 bits per heavy atom. The number of carbonyl (C=O) groups is 1. The van der Waals surface area contributed by atoms with Gasteiger partial charge in [0.1, 0.15) is 0 Å². The molecule has 0 saturated heterocycles. The molecule has 1 amide bonds.